The number of hydrogen-bond donors (Lipinski definition) is 0. The van der Waals surface area contributed by atoms with E-state index in [0.29, 0.717) is 6.42 Å². The lowest BCUT2D eigenvalue weighted by Gasteiger charge is -2.01. The second-order valence-corrected chi connectivity index (χ2v) is 3.20. The van der Waals surface area contributed by atoms with Crippen molar-refractivity contribution in [2.24, 2.45) is 0 Å². The van der Waals surface area contributed by atoms with Gasteiger partial charge in [-0.2, -0.15) is 0 Å². The Kier molecular flexibility index (Phi) is 5.05. The van der Waals surface area contributed by atoms with Crippen molar-refractivity contribution in [2.75, 3.05) is 0 Å². The van der Waals surface area contributed by atoms with E-state index in [1.54, 1.807) is 0 Å². The smallest absolute Gasteiger partial charge is 0.120 e. The summed E-state index contributed by atoms with van der Waals surface area (Å²) in [5.41, 5.74) is 3.81. The van der Waals surface area contributed by atoms with Crippen LogP contribution < -0.4 is 0 Å². The Morgan fingerprint density at radius 3 is 2.15 bits per heavy atom. The molecule has 0 N–H and O–H groups in total. The quantitative estimate of drug-likeness (QED) is 0.650. The Labute approximate surface area is 80.8 Å². The zero-order valence-corrected chi connectivity index (χ0v) is 7.63. The van der Waals surface area contributed by atoms with Crippen molar-refractivity contribution in [1.82, 2.24) is 0 Å². The molecule has 0 spiro atoms. The van der Waals surface area contributed by atoms with E-state index in [0.717, 1.165) is 12.7 Å². The van der Waals surface area contributed by atoms with Crippen LogP contribution in [0.5, 0.6) is 0 Å². The lowest BCUT2D eigenvalue weighted by atomic mass is 10.0. The number of rotatable bonds is 3. The standard InChI is InChI=1S/C11H14O.CH4/c1-9-6-10(2)8-11(7-9)4-3-5-12;/h5-8H,3-4H2,1-2H3;1H4. The van der Waals surface area contributed by atoms with Gasteiger partial charge in [0, 0.05) is 6.42 Å². The van der Waals surface area contributed by atoms with Crippen LogP contribution in [0.4, 0.5) is 0 Å². The SMILES string of the molecule is C.Cc1cc(C)cc(CCC=O)c1. The summed E-state index contributed by atoms with van der Waals surface area (Å²) in [5, 5.41) is 0. The van der Waals surface area contributed by atoms with Gasteiger partial charge in [-0.25, -0.2) is 0 Å². The van der Waals surface area contributed by atoms with Crippen LogP contribution in [0.3, 0.4) is 0 Å². The van der Waals surface area contributed by atoms with E-state index in [2.05, 4.69) is 32.0 Å². The van der Waals surface area contributed by atoms with Crippen LogP contribution in [-0.4, -0.2) is 6.29 Å². The molecule has 72 valence electrons. The highest BCUT2D eigenvalue weighted by atomic mass is 16.1. The summed E-state index contributed by atoms with van der Waals surface area (Å²) in [6, 6.07) is 6.41. The molecule has 0 aromatic heterocycles. The third kappa shape index (κ3) is 3.88. The Bertz CT molecular complexity index is 256. The minimum Gasteiger partial charge on any atom is -0.303 e. The molecule has 0 amide bonds. The van der Waals surface area contributed by atoms with Crippen molar-refractivity contribution < 1.29 is 4.79 Å². The maximum atomic E-state index is 10.1. The van der Waals surface area contributed by atoms with E-state index in [1.807, 2.05) is 0 Å². The lowest BCUT2D eigenvalue weighted by Crippen LogP contribution is -1.88. The molecule has 0 radical (unpaired) electrons. The topological polar surface area (TPSA) is 17.1 Å². The predicted molar refractivity (Wildman–Crippen MR) is 57.0 cm³/mol. The van der Waals surface area contributed by atoms with Gasteiger partial charge in [0.25, 0.3) is 0 Å². The predicted octanol–water partition coefficient (Wildman–Crippen LogP) is 3.07. The van der Waals surface area contributed by atoms with E-state index in [4.69, 9.17) is 0 Å². The number of benzene rings is 1. The van der Waals surface area contributed by atoms with Gasteiger partial charge in [0.15, 0.2) is 0 Å². The molecule has 0 unspecified atom stereocenters. The molecule has 13 heavy (non-hydrogen) atoms. The zero-order chi connectivity index (χ0) is 8.97. The summed E-state index contributed by atoms with van der Waals surface area (Å²) in [6.45, 7) is 4.16. The maximum Gasteiger partial charge on any atom is 0.120 e. The first kappa shape index (κ1) is 11.9. The van der Waals surface area contributed by atoms with Crippen molar-refractivity contribution in [3.63, 3.8) is 0 Å². The Morgan fingerprint density at radius 1 is 1.15 bits per heavy atom. The summed E-state index contributed by atoms with van der Waals surface area (Å²) in [5.74, 6) is 0. The first-order valence-electron chi connectivity index (χ1n) is 4.23. The van der Waals surface area contributed by atoms with Gasteiger partial charge in [-0.05, 0) is 25.8 Å². The molecule has 0 aliphatic rings. The van der Waals surface area contributed by atoms with E-state index < -0.39 is 0 Å². The third-order valence-corrected chi connectivity index (χ3v) is 1.83. The fourth-order valence-corrected chi connectivity index (χ4v) is 1.44. The van der Waals surface area contributed by atoms with Crippen LogP contribution in [0.25, 0.3) is 0 Å². The first-order valence-corrected chi connectivity index (χ1v) is 4.23. The van der Waals surface area contributed by atoms with Gasteiger partial charge in [-0.1, -0.05) is 36.8 Å². The second-order valence-electron chi connectivity index (χ2n) is 3.20. The van der Waals surface area contributed by atoms with Crippen molar-refractivity contribution >= 4 is 6.29 Å². The third-order valence-electron chi connectivity index (χ3n) is 1.83. The van der Waals surface area contributed by atoms with Gasteiger partial charge in [-0.15, -0.1) is 0 Å². The highest BCUT2D eigenvalue weighted by Crippen LogP contribution is 2.09. The lowest BCUT2D eigenvalue weighted by molar-refractivity contribution is -0.107. The van der Waals surface area contributed by atoms with E-state index >= 15 is 0 Å². The van der Waals surface area contributed by atoms with Gasteiger partial charge in [0.2, 0.25) is 0 Å². The molecule has 0 aliphatic heterocycles. The van der Waals surface area contributed by atoms with Gasteiger partial charge >= 0.3 is 0 Å². The average molecular weight is 178 g/mol. The summed E-state index contributed by atoms with van der Waals surface area (Å²) in [4.78, 5) is 10.1. The van der Waals surface area contributed by atoms with Crippen LogP contribution in [-0.2, 0) is 11.2 Å². The molecule has 1 aromatic carbocycles. The largest absolute Gasteiger partial charge is 0.303 e. The van der Waals surface area contributed by atoms with E-state index in [9.17, 15) is 4.79 Å². The normalized spacial score (nSPS) is 9.08. The minimum absolute atomic E-state index is 0. The van der Waals surface area contributed by atoms with Crippen molar-refractivity contribution in [3.05, 3.63) is 34.9 Å². The molecule has 1 nitrogen and oxygen atoms in total. The van der Waals surface area contributed by atoms with Crippen LogP contribution >= 0.6 is 0 Å². The zero-order valence-electron chi connectivity index (χ0n) is 7.63. The highest BCUT2D eigenvalue weighted by molar-refractivity contribution is 5.50. The molecule has 0 atom stereocenters. The second kappa shape index (κ2) is 5.52. The van der Waals surface area contributed by atoms with Gasteiger partial charge in [0.05, 0.1) is 0 Å². The number of carbonyl (C=O) groups is 1. The average Bonchev–Trinajstić information content (AvgIpc) is 1.99. The van der Waals surface area contributed by atoms with Crippen molar-refractivity contribution in [2.45, 2.75) is 34.1 Å². The number of carbonyl (C=O) groups excluding carboxylic acids is 1. The van der Waals surface area contributed by atoms with Crippen LogP contribution in [0.1, 0.15) is 30.5 Å². The molecule has 1 heteroatoms. The summed E-state index contributed by atoms with van der Waals surface area (Å²) in [6.07, 6.45) is 2.46. The molecule has 1 aromatic rings. The van der Waals surface area contributed by atoms with Crippen molar-refractivity contribution in [1.29, 1.82) is 0 Å². The first-order chi connectivity index (χ1) is 5.72. The van der Waals surface area contributed by atoms with Crippen LogP contribution in [0.2, 0.25) is 0 Å². The molecule has 0 aliphatic carbocycles. The number of aldehydes is 1. The van der Waals surface area contributed by atoms with Crippen molar-refractivity contribution in [3.8, 4) is 0 Å². The molecular formula is C12H18O. The monoisotopic (exact) mass is 178 g/mol. The van der Waals surface area contributed by atoms with Crippen LogP contribution in [0, 0.1) is 13.8 Å². The number of aryl methyl sites for hydroxylation is 3. The molecular weight excluding hydrogens is 160 g/mol. The fourth-order valence-electron chi connectivity index (χ4n) is 1.44. The molecule has 0 saturated carbocycles. The maximum absolute atomic E-state index is 10.1. The molecule has 0 bridgehead atoms. The van der Waals surface area contributed by atoms with E-state index in [1.165, 1.54) is 16.7 Å². The number of hydrogen-bond acceptors (Lipinski definition) is 1. The Morgan fingerprint density at radius 2 is 1.69 bits per heavy atom. The molecule has 1 rings (SSSR count). The van der Waals surface area contributed by atoms with Gasteiger partial charge in [0.1, 0.15) is 6.29 Å². The molecule has 0 heterocycles. The fraction of sp³-hybridized carbons (Fsp3) is 0.417. The summed E-state index contributed by atoms with van der Waals surface area (Å²) >= 11 is 0. The summed E-state index contributed by atoms with van der Waals surface area (Å²) < 4.78 is 0. The summed E-state index contributed by atoms with van der Waals surface area (Å²) in [7, 11) is 0. The van der Waals surface area contributed by atoms with Gasteiger partial charge < -0.3 is 4.79 Å². The van der Waals surface area contributed by atoms with Gasteiger partial charge in [-0.3, -0.25) is 0 Å². The molecule has 0 fully saturated rings. The minimum atomic E-state index is 0. The Hall–Kier alpha value is -1.11. The Balaban J connectivity index is 0.00000144. The van der Waals surface area contributed by atoms with Crippen LogP contribution in [0.15, 0.2) is 18.2 Å². The molecule has 0 saturated heterocycles. The van der Waals surface area contributed by atoms with E-state index in [-0.39, 0.29) is 7.43 Å². The highest BCUT2D eigenvalue weighted by Gasteiger charge is 1.94.